The van der Waals surface area contributed by atoms with Crippen LogP contribution in [0.1, 0.15) is 64.9 Å². The lowest BCUT2D eigenvalue weighted by Crippen LogP contribution is -2.54. The third-order valence-electron chi connectivity index (χ3n) is 8.21. The fourth-order valence-corrected chi connectivity index (χ4v) is 5.09. The highest BCUT2D eigenvalue weighted by Crippen LogP contribution is 2.13. The van der Waals surface area contributed by atoms with E-state index in [0.717, 1.165) is 22.6 Å². The van der Waals surface area contributed by atoms with E-state index >= 15 is 0 Å². The van der Waals surface area contributed by atoms with E-state index in [1.54, 1.807) is 45.2 Å². The second-order valence-corrected chi connectivity index (χ2v) is 13.1. The number of carbonyl (C=O) groups is 8. The number of unbranched alkanes of at least 4 members (excludes halogenated alkanes) is 1. The molecule has 1 aromatic rings. The molecule has 5 N–H and O–H groups in total. The van der Waals surface area contributed by atoms with Gasteiger partial charge in [-0.25, -0.2) is 0 Å². The monoisotopic (exact) mass is 788 g/mol. The van der Waals surface area contributed by atoms with Gasteiger partial charge in [-0.15, -0.1) is 0 Å². The fourth-order valence-electron chi connectivity index (χ4n) is 5.09. The number of esters is 1. The summed E-state index contributed by atoms with van der Waals surface area (Å²) in [6.07, 6.45) is 3.63. The van der Waals surface area contributed by atoms with Crippen LogP contribution < -0.4 is 26.6 Å². The first-order valence-corrected chi connectivity index (χ1v) is 18.6. The van der Waals surface area contributed by atoms with Gasteiger partial charge in [0, 0.05) is 70.8 Å². The molecule has 1 aliphatic heterocycles. The Morgan fingerprint density at radius 1 is 0.714 bits per heavy atom. The molecule has 0 spiro atoms. The van der Waals surface area contributed by atoms with Gasteiger partial charge in [0.2, 0.25) is 29.5 Å². The Balaban J connectivity index is 1.87. The van der Waals surface area contributed by atoms with Gasteiger partial charge in [-0.3, -0.25) is 43.3 Å². The van der Waals surface area contributed by atoms with E-state index in [-0.39, 0.29) is 82.9 Å². The van der Waals surface area contributed by atoms with Gasteiger partial charge in [-0.2, -0.15) is 0 Å². The Morgan fingerprint density at radius 3 is 1.98 bits per heavy atom. The Morgan fingerprint density at radius 2 is 1.34 bits per heavy atom. The predicted molar refractivity (Wildman–Crippen MR) is 202 cm³/mol. The van der Waals surface area contributed by atoms with Crippen molar-refractivity contribution in [2.75, 3.05) is 65.1 Å². The molecule has 7 amide bonds. The lowest BCUT2D eigenvalue weighted by molar-refractivity contribution is -0.142. The molecule has 0 saturated heterocycles. The lowest BCUT2D eigenvalue weighted by Gasteiger charge is -2.25. The Bertz CT molecular complexity index is 1480. The van der Waals surface area contributed by atoms with E-state index in [1.165, 1.54) is 6.92 Å². The van der Waals surface area contributed by atoms with Crippen LogP contribution in [0.25, 0.3) is 0 Å². The van der Waals surface area contributed by atoms with Crippen LogP contribution in [0, 0.1) is 5.92 Å². The number of nitrogens with zero attached hydrogens (tertiary/aromatic N) is 1. The number of nitrogens with one attached hydrogen (secondary N) is 5. The molecule has 0 radical (unpaired) electrons. The number of amides is 7. The molecule has 1 heterocycles. The van der Waals surface area contributed by atoms with Gasteiger partial charge in [0.05, 0.1) is 33.0 Å². The highest BCUT2D eigenvalue weighted by atomic mass is 16.5. The first-order valence-electron chi connectivity index (χ1n) is 18.6. The number of anilines is 1. The number of rotatable bonds is 28. The summed E-state index contributed by atoms with van der Waals surface area (Å²) in [4.78, 5) is 99.2. The first kappa shape index (κ1) is 47.0. The van der Waals surface area contributed by atoms with Gasteiger partial charge in [0.15, 0.2) is 0 Å². The van der Waals surface area contributed by atoms with Crippen LogP contribution >= 0.6 is 0 Å². The zero-order chi connectivity index (χ0) is 41.3. The van der Waals surface area contributed by atoms with Gasteiger partial charge >= 0.3 is 5.97 Å². The number of hydrogen-bond donors (Lipinski definition) is 5. The van der Waals surface area contributed by atoms with Crippen molar-refractivity contribution in [3.63, 3.8) is 0 Å². The first-order chi connectivity index (χ1) is 26.8. The molecule has 1 aliphatic rings. The molecule has 2 atom stereocenters. The van der Waals surface area contributed by atoms with Gasteiger partial charge in [0.25, 0.3) is 11.8 Å². The molecule has 18 nitrogen and oxygen atoms in total. The maximum absolute atomic E-state index is 13.5. The van der Waals surface area contributed by atoms with E-state index in [1.807, 2.05) is 0 Å². The number of ether oxygens (including phenoxy) is 4. The topological polar surface area (TPSA) is 237 Å². The molecule has 0 aliphatic carbocycles. The number of hydrogen-bond acceptors (Lipinski definition) is 12. The molecule has 56 heavy (non-hydrogen) atoms. The Kier molecular flexibility index (Phi) is 22.3. The summed E-state index contributed by atoms with van der Waals surface area (Å²) < 4.78 is 20.7. The van der Waals surface area contributed by atoms with E-state index in [0.29, 0.717) is 38.3 Å². The molecule has 0 aromatic heterocycles. The summed E-state index contributed by atoms with van der Waals surface area (Å²) in [5, 5.41) is 13.7. The minimum atomic E-state index is -0.974. The van der Waals surface area contributed by atoms with E-state index in [9.17, 15) is 38.4 Å². The third-order valence-corrected chi connectivity index (χ3v) is 8.21. The van der Waals surface area contributed by atoms with Crippen LogP contribution in [-0.4, -0.2) is 124 Å². The smallest absolute Gasteiger partial charge is 0.302 e. The predicted octanol–water partition coefficient (Wildman–Crippen LogP) is 0.491. The van der Waals surface area contributed by atoms with Crippen LogP contribution in [0.3, 0.4) is 0 Å². The summed E-state index contributed by atoms with van der Waals surface area (Å²) in [5.74, 6) is -3.70. The Hall–Kier alpha value is -5.20. The van der Waals surface area contributed by atoms with Gasteiger partial charge < -0.3 is 45.5 Å². The second kappa shape index (κ2) is 26.6. The molecule has 310 valence electrons. The highest BCUT2D eigenvalue weighted by molar-refractivity contribution is 6.13. The third kappa shape index (κ3) is 19.4. The summed E-state index contributed by atoms with van der Waals surface area (Å²) in [6, 6.07) is 4.76. The van der Waals surface area contributed by atoms with Crippen LogP contribution in [-0.2, 0) is 63.9 Å². The normalized spacial score (nSPS) is 13.3. The molecule has 0 bridgehead atoms. The largest absolute Gasteiger partial charge is 0.461 e. The standard InChI is InChI=1S/C38H56N6O12/c1-26(2)36(43-33(48)16-21-54-22-18-40-31(46)14-19-44-34(49)12-13-35(44)50)38(52)42-30(7-5-6-17-39-32(47)15-20-55-24-23-53-4)37(51)41-29-10-8-28(9-11-29)25-56-27(3)45/h8-13,26,30,36H,5-7,14-25H2,1-4H3,(H,39,47)(H,40,46)(H,41,51)(H,42,52)(H,43,48)/t30?,36-/m0/s1. The second-order valence-electron chi connectivity index (χ2n) is 13.1. The average molecular weight is 789 g/mol. The SMILES string of the molecule is COCCOCCC(=O)NCCCCC(NC(=O)[C@@H](NC(=O)CCOCCNC(=O)CCN1C(=O)C=CC1=O)C(C)C)C(=O)Nc1ccc(COC(C)=O)cc1. The van der Waals surface area contributed by atoms with Crippen molar-refractivity contribution in [1.29, 1.82) is 0 Å². The number of methoxy groups -OCH3 is 1. The van der Waals surface area contributed by atoms with Gasteiger partial charge in [-0.05, 0) is 42.9 Å². The summed E-state index contributed by atoms with van der Waals surface area (Å²) in [6.45, 7) is 6.61. The van der Waals surface area contributed by atoms with E-state index < -0.39 is 47.6 Å². The van der Waals surface area contributed by atoms with E-state index in [2.05, 4.69) is 26.6 Å². The summed E-state index contributed by atoms with van der Waals surface area (Å²) >= 11 is 0. The van der Waals surface area contributed by atoms with Crippen molar-refractivity contribution in [3.8, 4) is 0 Å². The van der Waals surface area contributed by atoms with Crippen LogP contribution in [0.4, 0.5) is 5.69 Å². The minimum Gasteiger partial charge on any atom is -0.461 e. The molecular formula is C38H56N6O12. The molecule has 0 fully saturated rings. The summed E-state index contributed by atoms with van der Waals surface area (Å²) in [5.41, 5.74) is 1.18. The lowest BCUT2D eigenvalue weighted by atomic mass is 10.0. The molecule has 1 aromatic carbocycles. The van der Waals surface area contributed by atoms with Crippen molar-refractivity contribution < 1.29 is 57.3 Å². The van der Waals surface area contributed by atoms with Crippen molar-refractivity contribution in [1.82, 2.24) is 26.2 Å². The van der Waals surface area contributed by atoms with Gasteiger partial charge in [-0.1, -0.05) is 26.0 Å². The van der Waals surface area contributed by atoms with Crippen molar-refractivity contribution in [2.24, 2.45) is 5.92 Å². The number of carbonyl (C=O) groups excluding carboxylic acids is 8. The molecular weight excluding hydrogens is 732 g/mol. The number of imide groups is 1. The van der Waals surface area contributed by atoms with Crippen LogP contribution in [0.2, 0.25) is 0 Å². The minimum absolute atomic E-state index is 0.0126. The zero-order valence-electron chi connectivity index (χ0n) is 32.6. The molecule has 18 heteroatoms. The highest BCUT2D eigenvalue weighted by Gasteiger charge is 2.29. The Labute approximate surface area is 327 Å². The zero-order valence-corrected chi connectivity index (χ0v) is 32.6. The van der Waals surface area contributed by atoms with Crippen molar-refractivity contribution in [2.45, 2.75) is 78.0 Å². The van der Waals surface area contributed by atoms with E-state index in [4.69, 9.17) is 18.9 Å². The van der Waals surface area contributed by atoms with Crippen LogP contribution in [0.15, 0.2) is 36.4 Å². The fraction of sp³-hybridized carbons (Fsp3) is 0.579. The van der Waals surface area contributed by atoms with Gasteiger partial charge in [0.1, 0.15) is 18.7 Å². The van der Waals surface area contributed by atoms with Crippen molar-refractivity contribution >= 4 is 53.0 Å². The average Bonchev–Trinajstić information content (AvgIpc) is 3.48. The van der Waals surface area contributed by atoms with Crippen LogP contribution in [0.5, 0.6) is 0 Å². The maximum Gasteiger partial charge on any atom is 0.302 e. The molecule has 1 unspecified atom stereocenters. The summed E-state index contributed by atoms with van der Waals surface area (Å²) in [7, 11) is 1.56. The quantitative estimate of drug-likeness (QED) is 0.0444. The number of benzene rings is 1. The maximum atomic E-state index is 13.5. The molecule has 0 saturated carbocycles. The van der Waals surface area contributed by atoms with Crippen molar-refractivity contribution in [3.05, 3.63) is 42.0 Å². The molecule has 2 rings (SSSR count).